The Morgan fingerprint density at radius 3 is 2.72 bits per heavy atom. The largest absolute Gasteiger partial charge is 0.480 e. The molecule has 3 N–H and O–H groups in total. The lowest BCUT2D eigenvalue weighted by Crippen LogP contribution is -2.42. The van der Waals surface area contributed by atoms with E-state index in [1.54, 1.807) is 24.3 Å². The number of urea groups is 1. The summed E-state index contributed by atoms with van der Waals surface area (Å²) in [5.41, 5.74) is 0.514. The van der Waals surface area contributed by atoms with Gasteiger partial charge in [-0.1, -0.05) is 31.0 Å². The molecule has 6 heteroatoms. The van der Waals surface area contributed by atoms with Gasteiger partial charge in [0.1, 0.15) is 6.04 Å². The first-order chi connectivity index (χ1) is 8.52. The minimum Gasteiger partial charge on any atom is -0.480 e. The quantitative estimate of drug-likeness (QED) is 0.770. The molecule has 0 spiro atoms. The molecule has 1 aromatic carbocycles. The van der Waals surface area contributed by atoms with E-state index in [1.807, 2.05) is 6.92 Å². The molecule has 2 amide bonds. The minimum absolute atomic E-state index is 0.387. The summed E-state index contributed by atoms with van der Waals surface area (Å²) in [6.07, 6.45) is 1.06. The van der Waals surface area contributed by atoms with Crippen LogP contribution in [0.3, 0.4) is 0 Å². The Labute approximate surface area is 110 Å². The van der Waals surface area contributed by atoms with Crippen molar-refractivity contribution >= 4 is 29.3 Å². The van der Waals surface area contributed by atoms with Crippen LogP contribution in [0.5, 0.6) is 0 Å². The Hall–Kier alpha value is -1.75. The standard InChI is InChI=1S/C12H15ClN2O3/c1-2-4-10(11(16)17)15-12(18)14-9-6-3-5-8(13)7-9/h3,5-7,10H,2,4H2,1H3,(H,16,17)(H2,14,15,18)/t10-/m0/s1. The maximum atomic E-state index is 11.6. The SMILES string of the molecule is CCC[C@H](NC(=O)Nc1cccc(Cl)c1)C(=O)O. The number of hydrogen-bond acceptors (Lipinski definition) is 2. The first kappa shape index (κ1) is 14.3. The molecule has 0 saturated carbocycles. The molecule has 0 radical (unpaired) electrons. The van der Waals surface area contributed by atoms with Crippen LogP contribution in [0.15, 0.2) is 24.3 Å². The van der Waals surface area contributed by atoms with Gasteiger partial charge in [-0.15, -0.1) is 0 Å². The fraction of sp³-hybridized carbons (Fsp3) is 0.333. The summed E-state index contributed by atoms with van der Waals surface area (Å²) in [4.78, 5) is 22.5. The molecule has 98 valence electrons. The summed E-state index contributed by atoms with van der Waals surface area (Å²) in [7, 11) is 0. The van der Waals surface area contributed by atoms with Crippen molar-refractivity contribution in [2.75, 3.05) is 5.32 Å². The van der Waals surface area contributed by atoms with E-state index in [9.17, 15) is 9.59 Å². The summed E-state index contributed by atoms with van der Waals surface area (Å²) in [6.45, 7) is 1.85. The molecule has 0 unspecified atom stereocenters. The van der Waals surface area contributed by atoms with Gasteiger partial charge in [-0.25, -0.2) is 9.59 Å². The van der Waals surface area contributed by atoms with E-state index >= 15 is 0 Å². The molecule has 0 aliphatic rings. The topological polar surface area (TPSA) is 78.4 Å². The van der Waals surface area contributed by atoms with Crippen LogP contribution in [-0.2, 0) is 4.79 Å². The molecular weight excluding hydrogens is 256 g/mol. The highest BCUT2D eigenvalue weighted by atomic mass is 35.5. The van der Waals surface area contributed by atoms with Crippen LogP contribution < -0.4 is 10.6 Å². The van der Waals surface area contributed by atoms with E-state index in [2.05, 4.69) is 10.6 Å². The van der Waals surface area contributed by atoms with Gasteiger partial charge in [0.25, 0.3) is 0 Å². The number of hydrogen-bond donors (Lipinski definition) is 3. The number of nitrogens with one attached hydrogen (secondary N) is 2. The van der Waals surface area contributed by atoms with Crippen molar-refractivity contribution < 1.29 is 14.7 Å². The Balaban J connectivity index is 2.57. The summed E-state index contributed by atoms with van der Waals surface area (Å²) >= 11 is 5.77. The second-order valence-electron chi connectivity index (χ2n) is 3.79. The van der Waals surface area contributed by atoms with Gasteiger partial charge in [0.15, 0.2) is 0 Å². The number of aliphatic carboxylic acids is 1. The summed E-state index contributed by atoms with van der Waals surface area (Å²) < 4.78 is 0. The molecule has 0 aliphatic heterocycles. The maximum absolute atomic E-state index is 11.6. The Morgan fingerprint density at radius 1 is 1.44 bits per heavy atom. The zero-order valence-corrected chi connectivity index (χ0v) is 10.7. The normalized spacial score (nSPS) is 11.7. The number of halogens is 1. The smallest absolute Gasteiger partial charge is 0.326 e. The molecule has 0 fully saturated rings. The third-order valence-electron chi connectivity index (χ3n) is 2.26. The van der Waals surface area contributed by atoms with E-state index in [4.69, 9.17) is 16.7 Å². The van der Waals surface area contributed by atoms with Crippen molar-refractivity contribution in [1.29, 1.82) is 0 Å². The number of anilines is 1. The van der Waals surface area contributed by atoms with Crippen LogP contribution in [0.1, 0.15) is 19.8 Å². The molecule has 18 heavy (non-hydrogen) atoms. The molecule has 1 atom stereocenters. The number of amides is 2. The maximum Gasteiger partial charge on any atom is 0.326 e. The van der Waals surface area contributed by atoms with Crippen molar-refractivity contribution in [3.8, 4) is 0 Å². The first-order valence-corrected chi connectivity index (χ1v) is 5.96. The predicted octanol–water partition coefficient (Wildman–Crippen LogP) is 2.71. The van der Waals surface area contributed by atoms with Crippen molar-refractivity contribution in [2.24, 2.45) is 0 Å². The van der Waals surface area contributed by atoms with Gasteiger partial charge in [0, 0.05) is 10.7 Å². The number of carboxylic acid groups (broad SMARTS) is 1. The van der Waals surface area contributed by atoms with Crippen LogP contribution in [0.2, 0.25) is 5.02 Å². The van der Waals surface area contributed by atoms with E-state index in [-0.39, 0.29) is 0 Å². The molecule has 1 aromatic rings. The van der Waals surface area contributed by atoms with E-state index in [1.165, 1.54) is 0 Å². The van der Waals surface area contributed by atoms with Crippen molar-refractivity contribution in [3.05, 3.63) is 29.3 Å². The second-order valence-corrected chi connectivity index (χ2v) is 4.22. The van der Waals surface area contributed by atoms with Crippen LogP contribution in [0.25, 0.3) is 0 Å². The lowest BCUT2D eigenvalue weighted by molar-refractivity contribution is -0.139. The summed E-state index contributed by atoms with van der Waals surface area (Å²) in [6, 6.07) is 5.19. The van der Waals surface area contributed by atoms with E-state index in [0.29, 0.717) is 23.6 Å². The van der Waals surface area contributed by atoms with E-state index in [0.717, 1.165) is 0 Å². The van der Waals surface area contributed by atoms with Gasteiger partial charge in [-0.3, -0.25) is 0 Å². The number of rotatable bonds is 5. The van der Waals surface area contributed by atoms with Crippen molar-refractivity contribution in [2.45, 2.75) is 25.8 Å². The average molecular weight is 271 g/mol. The molecular formula is C12H15ClN2O3. The summed E-state index contributed by atoms with van der Waals surface area (Å²) in [5.74, 6) is -1.04. The predicted molar refractivity (Wildman–Crippen MR) is 69.9 cm³/mol. The van der Waals surface area contributed by atoms with E-state index < -0.39 is 18.0 Å². The third kappa shape index (κ3) is 4.63. The monoisotopic (exact) mass is 270 g/mol. The molecule has 0 bridgehead atoms. The van der Waals surface area contributed by atoms with Gasteiger partial charge in [-0.2, -0.15) is 0 Å². The Morgan fingerprint density at radius 2 is 2.17 bits per heavy atom. The number of carbonyl (C=O) groups excluding carboxylic acids is 1. The fourth-order valence-corrected chi connectivity index (χ4v) is 1.63. The Kier molecular flexibility index (Phi) is 5.45. The number of carboxylic acids is 1. The fourth-order valence-electron chi connectivity index (χ4n) is 1.44. The highest BCUT2D eigenvalue weighted by Gasteiger charge is 2.18. The van der Waals surface area contributed by atoms with Gasteiger partial charge in [-0.05, 0) is 24.6 Å². The van der Waals surface area contributed by atoms with Gasteiger partial charge >= 0.3 is 12.0 Å². The molecule has 5 nitrogen and oxygen atoms in total. The van der Waals surface area contributed by atoms with Crippen LogP contribution in [0, 0.1) is 0 Å². The minimum atomic E-state index is -1.04. The van der Waals surface area contributed by atoms with Crippen molar-refractivity contribution in [3.63, 3.8) is 0 Å². The summed E-state index contributed by atoms with van der Waals surface area (Å²) in [5, 5.41) is 14.3. The zero-order valence-electron chi connectivity index (χ0n) is 9.94. The lowest BCUT2D eigenvalue weighted by Gasteiger charge is -2.14. The van der Waals surface area contributed by atoms with Crippen LogP contribution in [-0.4, -0.2) is 23.1 Å². The zero-order chi connectivity index (χ0) is 13.5. The van der Waals surface area contributed by atoms with Gasteiger partial charge in [0.2, 0.25) is 0 Å². The first-order valence-electron chi connectivity index (χ1n) is 5.58. The van der Waals surface area contributed by atoms with Crippen LogP contribution in [0.4, 0.5) is 10.5 Å². The van der Waals surface area contributed by atoms with Gasteiger partial charge in [0.05, 0.1) is 0 Å². The van der Waals surface area contributed by atoms with Gasteiger partial charge < -0.3 is 15.7 Å². The Bertz CT molecular complexity index is 437. The molecule has 0 saturated heterocycles. The molecule has 0 aliphatic carbocycles. The average Bonchev–Trinajstić information content (AvgIpc) is 2.28. The highest BCUT2D eigenvalue weighted by Crippen LogP contribution is 2.14. The third-order valence-corrected chi connectivity index (χ3v) is 2.50. The lowest BCUT2D eigenvalue weighted by atomic mass is 10.2. The molecule has 0 heterocycles. The van der Waals surface area contributed by atoms with Crippen LogP contribution >= 0.6 is 11.6 Å². The van der Waals surface area contributed by atoms with Crippen molar-refractivity contribution in [1.82, 2.24) is 5.32 Å². The number of carbonyl (C=O) groups is 2. The number of benzene rings is 1. The molecule has 1 rings (SSSR count). The second kappa shape index (κ2) is 6.86. The molecule has 0 aromatic heterocycles. The highest BCUT2D eigenvalue weighted by molar-refractivity contribution is 6.30.